The van der Waals surface area contributed by atoms with E-state index in [0.717, 1.165) is 6.07 Å². The van der Waals surface area contributed by atoms with E-state index in [-0.39, 0.29) is 35.0 Å². The van der Waals surface area contributed by atoms with Crippen molar-refractivity contribution in [3.05, 3.63) is 35.4 Å². The molecule has 116 valence electrons. The average Bonchev–Trinajstić information content (AvgIpc) is 2.47. The summed E-state index contributed by atoms with van der Waals surface area (Å²) >= 11 is 0. The van der Waals surface area contributed by atoms with Gasteiger partial charge in [-0.1, -0.05) is 6.07 Å². The Bertz CT molecular complexity index is 741. The maximum Gasteiger partial charge on any atom is 0.201 e. The number of phenols is 5. The van der Waals surface area contributed by atoms with Gasteiger partial charge in [-0.25, -0.2) is 0 Å². The van der Waals surface area contributed by atoms with Crippen molar-refractivity contribution in [3.8, 4) is 34.5 Å². The highest BCUT2D eigenvalue weighted by molar-refractivity contribution is 5.61. The number of fused-ring (bicyclic) bond motifs is 1. The number of aromatic hydroxyl groups is 5. The molecule has 0 bridgehead atoms. The van der Waals surface area contributed by atoms with Gasteiger partial charge in [-0.2, -0.15) is 0 Å². The molecule has 2 atom stereocenters. The monoisotopic (exact) mass is 306 g/mol. The van der Waals surface area contributed by atoms with Crippen LogP contribution in [0.15, 0.2) is 24.3 Å². The summed E-state index contributed by atoms with van der Waals surface area (Å²) in [6.07, 6.45) is -2.00. The molecule has 0 radical (unpaired) electrons. The molecule has 0 aliphatic carbocycles. The van der Waals surface area contributed by atoms with E-state index in [4.69, 9.17) is 4.74 Å². The summed E-state index contributed by atoms with van der Waals surface area (Å²) < 4.78 is 5.50. The zero-order valence-corrected chi connectivity index (χ0v) is 11.3. The van der Waals surface area contributed by atoms with Crippen molar-refractivity contribution in [1.82, 2.24) is 0 Å². The maximum atomic E-state index is 10.2. The number of benzene rings is 2. The highest BCUT2D eigenvalue weighted by atomic mass is 16.5. The van der Waals surface area contributed by atoms with Gasteiger partial charge < -0.3 is 35.4 Å². The molecule has 0 spiro atoms. The highest BCUT2D eigenvalue weighted by Gasteiger charge is 2.34. The van der Waals surface area contributed by atoms with E-state index in [1.807, 2.05) is 0 Å². The fourth-order valence-electron chi connectivity index (χ4n) is 2.51. The predicted molar refractivity (Wildman–Crippen MR) is 74.3 cm³/mol. The summed E-state index contributed by atoms with van der Waals surface area (Å²) in [5, 5.41) is 58.2. The maximum absolute atomic E-state index is 10.2. The van der Waals surface area contributed by atoms with Crippen LogP contribution in [0.4, 0.5) is 0 Å². The lowest BCUT2D eigenvalue weighted by atomic mass is 9.93. The number of hydrogen-bond acceptors (Lipinski definition) is 7. The van der Waals surface area contributed by atoms with E-state index in [0.29, 0.717) is 5.56 Å². The van der Waals surface area contributed by atoms with Gasteiger partial charge >= 0.3 is 0 Å². The molecule has 7 nitrogen and oxygen atoms in total. The Morgan fingerprint density at radius 2 is 1.59 bits per heavy atom. The third kappa shape index (κ3) is 2.11. The van der Waals surface area contributed by atoms with Crippen LogP contribution in [0.3, 0.4) is 0 Å². The summed E-state index contributed by atoms with van der Waals surface area (Å²) in [4.78, 5) is 0. The minimum Gasteiger partial charge on any atom is -0.507 e. The van der Waals surface area contributed by atoms with E-state index in [9.17, 15) is 30.6 Å². The first-order valence-electron chi connectivity index (χ1n) is 6.52. The molecule has 0 saturated carbocycles. The zero-order chi connectivity index (χ0) is 16.0. The number of ether oxygens (including phenoxy) is 1. The van der Waals surface area contributed by atoms with Gasteiger partial charge in [0.2, 0.25) is 5.75 Å². The van der Waals surface area contributed by atoms with E-state index in [2.05, 4.69) is 0 Å². The number of phenolic OH excluding ortho intramolecular Hbond substituents is 5. The molecule has 2 unspecified atom stereocenters. The smallest absolute Gasteiger partial charge is 0.201 e. The van der Waals surface area contributed by atoms with E-state index < -0.39 is 23.7 Å². The summed E-state index contributed by atoms with van der Waals surface area (Å²) in [5.41, 5.74) is 0.553. The first kappa shape index (κ1) is 14.2. The average molecular weight is 306 g/mol. The lowest BCUT2D eigenvalue weighted by molar-refractivity contribution is 0.0178. The van der Waals surface area contributed by atoms with Gasteiger partial charge in [0.15, 0.2) is 29.1 Å². The van der Waals surface area contributed by atoms with E-state index in [1.54, 1.807) is 0 Å². The Balaban J connectivity index is 2.05. The molecule has 2 aromatic carbocycles. The molecular formula is C15H14O7. The first-order valence-corrected chi connectivity index (χ1v) is 6.52. The molecule has 0 aromatic heterocycles. The van der Waals surface area contributed by atoms with Crippen molar-refractivity contribution < 1.29 is 35.4 Å². The Labute approximate surface area is 124 Å². The first-order chi connectivity index (χ1) is 10.4. The van der Waals surface area contributed by atoms with Crippen molar-refractivity contribution in [1.29, 1.82) is 0 Å². The zero-order valence-electron chi connectivity index (χ0n) is 11.3. The molecule has 0 fully saturated rings. The van der Waals surface area contributed by atoms with Crippen LogP contribution in [0, 0.1) is 0 Å². The number of rotatable bonds is 1. The largest absolute Gasteiger partial charge is 0.507 e. The van der Waals surface area contributed by atoms with Crippen LogP contribution in [0.5, 0.6) is 34.5 Å². The fourth-order valence-corrected chi connectivity index (χ4v) is 2.51. The fraction of sp³-hybridized carbons (Fsp3) is 0.200. The van der Waals surface area contributed by atoms with Gasteiger partial charge in [-0.3, -0.25) is 0 Å². The van der Waals surface area contributed by atoms with Crippen molar-refractivity contribution in [3.63, 3.8) is 0 Å². The van der Waals surface area contributed by atoms with Crippen molar-refractivity contribution in [2.75, 3.05) is 0 Å². The molecule has 0 amide bonds. The Morgan fingerprint density at radius 3 is 2.27 bits per heavy atom. The lowest BCUT2D eigenvalue weighted by Crippen LogP contribution is -2.30. The molecule has 1 heterocycles. The third-order valence-corrected chi connectivity index (χ3v) is 3.65. The van der Waals surface area contributed by atoms with Crippen LogP contribution in [0.1, 0.15) is 17.2 Å². The van der Waals surface area contributed by atoms with Crippen LogP contribution < -0.4 is 4.74 Å². The normalized spacial score (nSPS) is 20.2. The van der Waals surface area contributed by atoms with Crippen molar-refractivity contribution in [2.45, 2.75) is 18.6 Å². The van der Waals surface area contributed by atoms with E-state index >= 15 is 0 Å². The van der Waals surface area contributed by atoms with Crippen LogP contribution in [-0.2, 0) is 6.42 Å². The number of aliphatic hydroxyl groups excluding tert-OH is 1. The van der Waals surface area contributed by atoms with Gasteiger partial charge in [0.1, 0.15) is 5.75 Å². The number of hydrogen-bond donors (Lipinski definition) is 6. The SMILES string of the molecule is Oc1ccc(C2Oc3c(O)c(O)cc(O)c3CC2O)cc1O. The van der Waals surface area contributed by atoms with Crippen molar-refractivity contribution >= 4 is 0 Å². The molecule has 7 heteroatoms. The third-order valence-electron chi connectivity index (χ3n) is 3.65. The second-order valence-corrected chi connectivity index (χ2v) is 5.13. The van der Waals surface area contributed by atoms with Crippen LogP contribution in [0.25, 0.3) is 0 Å². The summed E-state index contributed by atoms with van der Waals surface area (Å²) in [5.74, 6) is -2.18. The molecule has 1 aliphatic heterocycles. The Hall–Kier alpha value is -2.80. The standard InChI is InChI=1S/C15H14O7/c16-8-2-1-6(3-10(8)18)14-12(20)4-7-9(17)5-11(19)13(21)15(7)22-14/h1-3,5,12,14,16-21H,4H2. The Kier molecular flexibility index (Phi) is 3.14. The highest BCUT2D eigenvalue weighted by Crippen LogP contribution is 2.49. The summed E-state index contributed by atoms with van der Waals surface area (Å²) in [6, 6.07) is 4.90. The second-order valence-electron chi connectivity index (χ2n) is 5.13. The molecule has 1 aliphatic rings. The van der Waals surface area contributed by atoms with Gasteiger partial charge in [0, 0.05) is 18.1 Å². The second kappa shape index (κ2) is 4.88. The van der Waals surface area contributed by atoms with E-state index in [1.165, 1.54) is 18.2 Å². The lowest BCUT2D eigenvalue weighted by Gasteiger charge is -2.31. The molecule has 22 heavy (non-hydrogen) atoms. The predicted octanol–water partition coefficient (Wildman–Crippen LogP) is 1.25. The molecule has 0 saturated heterocycles. The number of aliphatic hydroxyl groups is 1. The quantitative estimate of drug-likeness (QED) is 0.345. The van der Waals surface area contributed by atoms with Gasteiger partial charge in [0.25, 0.3) is 0 Å². The minimum atomic E-state index is -1.05. The summed E-state index contributed by atoms with van der Waals surface area (Å²) in [7, 11) is 0. The van der Waals surface area contributed by atoms with Crippen LogP contribution in [0.2, 0.25) is 0 Å². The minimum absolute atomic E-state index is 0.0126. The van der Waals surface area contributed by atoms with Gasteiger partial charge in [-0.05, 0) is 17.7 Å². The molecular weight excluding hydrogens is 292 g/mol. The van der Waals surface area contributed by atoms with Crippen molar-refractivity contribution in [2.24, 2.45) is 0 Å². The topological polar surface area (TPSA) is 131 Å². The van der Waals surface area contributed by atoms with Crippen LogP contribution in [-0.4, -0.2) is 36.7 Å². The summed E-state index contributed by atoms with van der Waals surface area (Å²) in [6.45, 7) is 0. The molecule has 2 aromatic rings. The molecule has 3 rings (SSSR count). The van der Waals surface area contributed by atoms with Crippen LogP contribution >= 0.6 is 0 Å². The Morgan fingerprint density at radius 1 is 0.864 bits per heavy atom. The van der Waals surface area contributed by atoms with Gasteiger partial charge in [-0.15, -0.1) is 0 Å². The molecule has 6 N–H and O–H groups in total. The van der Waals surface area contributed by atoms with Gasteiger partial charge in [0.05, 0.1) is 6.10 Å².